The molecule has 7 heteroatoms. The first-order valence-corrected chi connectivity index (χ1v) is 5.66. The van der Waals surface area contributed by atoms with Gasteiger partial charge in [-0.05, 0) is 32.0 Å². The number of aliphatic carboxylic acids is 1. The van der Waals surface area contributed by atoms with Gasteiger partial charge in [-0.1, -0.05) is 0 Å². The van der Waals surface area contributed by atoms with Crippen LogP contribution >= 0.6 is 0 Å². The van der Waals surface area contributed by atoms with Crippen LogP contribution in [0.2, 0.25) is 0 Å². The van der Waals surface area contributed by atoms with E-state index >= 15 is 0 Å². The van der Waals surface area contributed by atoms with Gasteiger partial charge in [0, 0.05) is 12.2 Å². The highest BCUT2D eigenvalue weighted by Gasteiger charge is 2.34. The van der Waals surface area contributed by atoms with Crippen LogP contribution in [0.25, 0.3) is 0 Å². The number of hydrogen-bond donors (Lipinski definition) is 2. The largest absolute Gasteiger partial charge is 0.481 e. The average Bonchev–Trinajstić information content (AvgIpc) is 2.35. The van der Waals surface area contributed by atoms with Gasteiger partial charge in [-0.25, -0.2) is 0 Å². The van der Waals surface area contributed by atoms with Crippen molar-refractivity contribution in [3.8, 4) is 6.07 Å². The molecule has 0 bridgehead atoms. The van der Waals surface area contributed by atoms with E-state index in [4.69, 9.17) is 10.4 Å². The maximum atomic E-state index is 12.7. The third kappa shape index (κ3) is 3.63. The molecular formula is C13H13F3N2O2. The van der Waals surface area contributed by atoms with E-state index in [9.17, 15) is 18.0 Å². The van der Waals surface area contributed by atoms with Crippen LogP contribution in [0.15, 0.2) is 18.2 Å². The van der Waals surface area contributed by atoms with Crippen molar-refractivity contribution in [2.24, 2.45) is 5.41 Å². The second-order valence-corrected chi connectivity index (χ2v) is 4.91. The van der Waals surface area contributed by atoms with Gasteiger partial charge < -0.3 is 10.4 Å². The molecule has 0 radical (unpaired) electrons. The molecule has 0 atom stereocenters. The molecule has 0 aliphatic rings. The predicted molar refractivity (Wildman–Crippen MR) is 66.1 cm³/mol. The molecule has 0 aliphatic carbocycles. The highest BCUT2D eigenvalue weighted by Crippen LogP contribution is 2.33. The van der Waals surface area contributed by atoms with E-state index in [1.165, 1.54) is 26.0 Å². The van der Waals surface area contributed by atoms with Gasteiger partial charge in [0.15, 0.2) is 0 Å². The van der Waals surface area contributed by atoms with Gasteiger partial charge in [0.1, 0.15) is 0 Å². The van der Waals surface area contributed by atoms with Crippen molar-refractivity contribution in [2.45, 2.75) is 20.0 Å². The zero-order chi connectivity index (χ0) is 15.6. The van der Waals surface area contributed by atoms with Crippen molar-refractivity contribution in [1.82, 2.24) is 0 Å². The molecular weight excluding hydrogens is 273 g/mol. The summed E-state index contributed by atoms with van der Waals surface area (Å²) in [6.07, 6.45) is -4.63. The lowest BCUT2D eigenvalue weighted by molar-refractivity contribution is -0.146. The van der Waals surface area contributed by atoms with E-state index in [-0.39, 0.29) is 12.2 Å². The number of nitriles is 1. The van der Waals surface area contributed by atoms with Crippen molar-refractivity contribution in [3.63, 3.8) is 0 Å². The summed E-state index contributed by atoms with van der Waals surface area (Å²) >= 11 is 0. The van der Waals surface area contributed by atoms with Gasteiger partial charge in [-0.15, -0.1) is 0 Å². The minimum atomic E-state index is -4.63. The Hall–Kier alpha value is -2.23. The highest BCUT2D eigenvalue weighted by molar-refractivity contribution is 5.74. The molecule has 0 amide bonds. The lowest BCUT2D eigenvalue weighted by atomic mass is 9.93. The van der Waals surface area contributed by atoms with Gasteiger partial charge in [0.05, 0.1) is 22.6 Å². The first kappa shape index (κ1) is 15.8. The zero-order valence-electron chi connectivity index (χ0n) is 10.9. The molecule has 4 nitrogen and oxygen atoms in total. The van der Waals surface area contributed by atoms with Crippen molar-refractivity contribution in [2.75, 3.05) is 11.9 Å². The number of carbonyl (C=O) groups is 1. The Kier molecular flexibility index (Phi) is 4.28. The Labute approximate surface area is 113 Å². The molecule has 108 valence electrons. The molecule has 1 aromatic carbocycles. The van der Waals surface area contributed by atoms with Crippen molar-refractivity contribution in [1.29, 1.82) is 5.26 Å². The molecule has 0 fully saturated rings. The lowest BCUT2D eigenvalue weighted by Gasteiger charge is -2.21. The fourth-order valence-electron chi connectivity index (χ4n) is 1.38. The summed E-state index contributed by atoms with van der Waals surface area (Å²) in [6, 6.07) is 4.65. The summed E-state index contributed by atoms with van der Waals surface area (Å²) in [5, 5.41) is 20.2. The number of halogens is 3. The number of alkyl halides is 3. The van der Waals surface area contributed by atoms with Crippen LogP contribution in [0.4, 0.5) is 18.9 Å². The number of rotatable bonds is 4. The maximum absolute atomic E-state index is 12.7. The van der Waals surface area contributed by atoms with Crippen LogP contribution in [-0.4, -0.2) is 17.6 Å². The first-order chi connectivity index (χ1) is 9.08. The summed E-state index contributed by atoms with van der Waals surface area (Å²) < 4.78 is 38.2. The fraction of sp³-hybridized carbons (Fsp3) is 0.385. The number of carboxylic acid groups (broad SMARTS) is 1. The van der Waals surface area contributed by atoms with Gasteiger partial charge in [-0.3, -0.25) is 4.79 Å². The number of anilines is 1. The highest BCUT2D eigenvalue weighted by atomic mass is 19.4. The van der Waals surface area contributed by atoms with Gasteiger partial charge in [0.25, 0.3) is 0 Å². The Morgan fingerprint density at radius 3 is 2.45 bits per heavy atom. The predicted octanol–water partition coefficient (Wildman–Crippen LogP) is 3.10. The van der Waals surface area contributed by atoms with Crippen LogP contribution in [0, 0.1) is 16.7 Å². The zero-order valence-corrected chi connectivity index (χ0v) is 10.9. The standard InChI is InChI=1S/C13H13F3N2O2/c1-12(2,11(19)20)7-18-9-4-3-8(6-17)10(5-9)13(14,15)16/h3-5,18H,7H2,1-2H3,(H,19,20). The topological polar surface area (TPSA) is 73.1 Å². The molecule has 1 rings (SSSR count). The fourth-order valence-corrected chi connectivity index (χ4v) is 1.38. The third-order valence-corrected chi connectivity index (χ3v) is 2.76. The molecule has 0 unspecified atom stereocenters. The van der Waals surface area contributed by atoms with Crippen molar-refractivity contribution < 1.29 is 23.1 Å². The molecule has 0 saturated heterocycles. The monoisotopic (exact) mass is 286 g/mol. The number of nitrogens with zero attached hydrogens (tertiary/aromatic N) is 1. The van der Waals surface area contributed by atoms with Gasteiger partial charge in [0.2, 0.25) is 0 Å². The van der Waals surface area contributed by atoms with E-state index < -0.39 is 28.7 Å². The van der Waals surface area contributed by atoms with E-state index in [1.807, 2.05) is 0 Å². The average molecular weight is 286 g/mol. The second-order valence-electron chi connectivity index (χ2n) is 4.91. The van der Waals surface area contributed by atoms with Crippen LogP contribution in [0.1, 0.15) is 25.0 Å². The second kappa shape index (κ2) is 5.41. The van der Waals surface area contributed by atoms with E-state index in [0.717, 1.165) is 12.1 Å². The minimum absolute atomic E-state index is 0.0362. The summed E-state index contributed by atoms with van der Waals surface area (Å²) in [7, 11) is 0. The van der Waals surface area contributed by atoms with Crippen molar-refractivity contribution in [3.05, 3.63) is 29.3 Å². The summed E-state index contributed by atoms with van der Waals surface area (Å²) in [5.41, 5.74) is -2.52. The van der Waals surface area contributed by atoms with Crippen LogP contribution < -0.4 is 5.32 Å². The maximum Gasteiger partial charge on any atom is 0.417 e. The molecule has 1 aromatic rings. The normalized spacial score (nSPS) is 11.8. The first-order valence-electron chi connectivity index (χ1n) is 5.66. The molecule has 2 N–H and O–H groups in total. The SMILES string of the molecule is CC(C)(CNc1ccc(C#N)c(C(F)(F)F)c1)C(=O)O. The van der Waals surface area contributed by atoms with Gasteiger partial charge in [-0.2, -0.15) is 18.4 Å². The summed E-state index contributed by atoms with van der Waals surface area (Å²) in [6.45, 7) is 2.87. The van der Waals surface area contributed by atoms with Gasteiger partial charge >= 0.3 is 12.1 Å². The molecule has 0 heterocycles. The van der Waals surface area contributed by atoms with Crippen LogP contribution in [0.5, 0.6) is 0 Å². The summed E-state index contributed by atoms with van der Waals surface area (Å²) in [4.78, 5) is 10.9. The Morgan fingerprint density at radius 2 is 2.00 bits per heavy atom. The Bertz CT molecular complexity index is 560. The Balaban J connectivity index is 3.00. The van der Waals surface area contributed by atoms with E-state index in [2.05, 4.69) is 5.32 Å². The molecule has 20 heavy (non-hydrogen) atoms. The molecule has 0 spiro atoms. The molecule has 0 aromatic heterocycles. The van der Waals surface area contributed by atoms with Crippen molar-refractivity contribution >= 4 is 11.7 Å². The summed E-state index contributed by atoms with van der Waals surface area (Å²) in [5.74, 6) is -1.06. The molecule has 0 aliphatic heterocycles. The number of nitrogens with one attached hydrogen (secondary N) is 1. The van der Waals surface area contributed by atoms with E-state index in [0.29, 0.717) is 0 Å². The van der Waals surface area contributed by atoms with Crippen LogP contribution in [-0.2, 0) is 11.0 Å². The lowest BCUT2D eigenvalue weighted by Crippen LogP contribution is -2.31. The van der Waals surface area contributed by atoms with E-state index in [1.54, 1.807) is 0 Å². The number of carboxylic acids is 1. The quantitative estimate of drug-likeness (QED) is 0.892. The number of benzene rings is 1. The third-order valence-electron chi connectivity index (χ3n) is 2.76. The van der Waals surface area contributed by atoms with Crippen LogP contribution in [0.3, 0.4) is 0 Å². The number of hydrogen-bond acceptors (Lipinski definition) is 3. The molecule has 0 saturated carbocycles. The Morgan fingerprint density at radius 1 is 1.40 bits per heavy atom. The minimum Gasteiger partial charge on any atom is -0.481 e. The smallest absolute Gasteiger partial charge is 0.417 e.